The van der Waals surface area contributed by atoms with E-state index in [2.05, 4.69) is 25.6 Å². The first-order valence-corrected chi connectivity index (χ1v) is 8.44. The minimum atomic E-state index is -3.02. The van der Waals surface area contributed by atoms with Crippen molar-refractivity contribution in [3.63, 3.8) is 0 Å². The molecule has 3 aromatic rings. The average Bonchev–Trinajstić information content (AvgIpc) is 3.13. The number of methoxy groups -OCH3 is 1. The summed E-state index contributed by atoms with van der Waals surface area (Å²) in [4.78, 5) is 24.2. The van der Waals surface area contributed by atoms with Crippen LogP contribution in [0.4, 0.5) is 8.78 Å². The molecule has 2 aromatic heterocycles. The Hall–Kier alpha value is -3.76. The molecule has 0 aliphatic rings. The number of aromatic nitrogens is 3. The first-order valence-electron chi connectivity index (χ1n) is 8.44. The lowest BCUT2D eigenvalue weighted by Gasteiger charge is -2.11. The Kier molecular flexibility index (Phi) is 6.17. The number of alkyl halides is 2. The number of hydrogen-bond donors (Lipinski definition) is 2. The van der Waals surface area contributed by atoms with Gasteiger partial charge in [0.1, 0.15) is 0 Å². The van der Waals surface area contributed by atoms with Crippen LogP contribution in [0.15, 0.2) is 42.6 Å². The number of amides is 2. The van der Waals surface area contributed by atoms with Crippen LogP contribution < -0.4 is 20.1 Å². The van der Waals surface area contributed by atoms with Gasteiger partial charge in [-0.3, -0.25) is 14.0 Å². The second kappa shape index (κ2) is 8.95. The summed E-state index contributed by atoms with van der Waals surface area (Å²) in [6, 6.07) is 9.14. The Bertz CT molecular complexity index is 1020. The van der Waals surface area contributed by atoms with E-state index < -0.39 is 18.4 Å². The molecule has 2 amide bonds. The van der Waals surface area contributed by atoms with E-state index in [-0.39, 0.29) is 30.2 Å². The number of benzene rings is 1. The molecule has 0 bridgehead atoms. The Balaban J connectivity index is 1.54. The quantitative estimate of drug-likeness (QED) is 0.587. The molecule has 0 aliphatic carbocycles. The molecule has 2 N–H and O–H groups in total. The van der Waals surface area contributed by atoms with Crippen LogP contribution in [0.25, 0.3) is 5.65 Å². The number of pyridine rings is 1. The van der Waals surface area contributed by atoms with E-state index >= 15 is 0 Å². The summed E-state index contributed by atoms with van der Waals surface area (Å²) in [5.74, 6) is -0.691. The van der Waals surface area contributed by atoms with Gasteiger partial charge in [0.25, 0.3) is 5.91 Å². The van der Waals surface area contributed by atoms with Crippen LogP contribution in [0.3, 0.4) is 0 Å². The van der Waals surface area contributed by atoms with Gasteiger partial charge in [-0.05, 0) is 30.3 Å². The maximum Gasteiger partial charge on any atom is 0.387 e. The summed E-state index contributed by atoms with van der Waals surface area (Å²) in [5, 5.41) is 13.0. The van der Waals surface area contributed by atoms with Gasteiger partial charge in [0.15, 0.2) is 23.0 Å². The summed E-state index contributed by atoms with van der Waals surface area (Å²) >= 11 is 0. The maximum absolute atomic E-state index is 12.4. The number of nitrogens with one attached hydrogen (secondary N) is 2. The third-order valence-electron chi connectivity index (χ3n) is 3.88. The molecule has 3 rings (SSSR count). The fourth-order valence-corrected chi connectivity index (χ4v) is 2.52. The van der Waals surface area contributed by atoms with Crippen LogP contribution in [0, 0.1) is 0 Å². The highest BCUT2D eigenvalue weighted by atomic mass is 19.3. The molecule has 0 radical (unpaired) electrons. The number of hydrogen-bond acceptors (Lipinski definition) is 6. The average molecular weight is 405 g/mol. The number of halogens is 2. The fourth-order valence-electron chi connectivity index (χ4n) is 2.52. The van der Waals surface area contributed by atoms with Gasteiger partial charge in [0.2, 0.25) is 5.91 Å². The van der Waals surface area contributed by atoms with Gasteiger partial charge in [0, 0.05) is 11.8 Å². The molecule has 152 valence electrons. The van der Waals surface area contributed by atoms with Crippen molar-refractivity contribution in [2.45, 2.75) is 13.2 Å². The number of rotatable bonds is 8. The molecule has 2 heterocycles. The van der Waals surface area contributed by atoms with Crippen LogP contribution in [0.2, 0.25) is 0 Å². The van der Waals surface area contributed by atoms with E-state index in [1.54, 1.807) is 16.7 Å². The Morgan fingerprint density at radius 3 is 2.72 bits per heavy atom. The van der Waals surface area contributed by atoms with Gasteiger partial charge in [-0.2, -0.15) is 8.78 Å². The molecular formula is C18H17F2N5O4. The highest BCUT2D eigenvalue weighted by molar-refractivity contribution is 5.97. The highest BCUT2D eigenvalue weighted by Crippen LogP contribution is 2.29. The third kappa shape index (κ3) is 4.94. The molecule has 9 nitrogen and oxygen atoms in total. The number of nitrogens with zero attached hydrogens (tertiary/aromatic N) is 3. The smallest absolute Gasteiger partial charge is 0.387 e. The standard InChI is InChI=1S/C18H17F2N5O4/c1-28-13-8-11(5-6-12(13)29-18(19)20)17(27)22-10-16(26)21-9-15-24-23-14-4-2-3-7-25(14)15/h2-8,18H,9-10H2,1H3,(H,21,26)(H,22,27). The number of carbonyl (C=O) groups excluding carboxylic acids is 2. The molecule has 0 fully saturated rings. The molecule has 0 saturated carbocycles. The molecule has 0 saturated heterocycles. The first kappa shape index (κ1) is 20.0. The van der Waals surface area contributed by atoms with Crippen molar-refractivity contribution in [1.29, 1.82) is 0 Å². The van der Waals surface area contributed by atoms with Crippen LogP contribution in [-0.2, 0) is 11.3 Å². The van der Waals surface area contributed by atoms with Crippen molar-refractivity contribution < 1.29 is 27.8 Å². The predicted octanol–water partition coefficient (Wildman–Crippen LogP) is 1.39. The molecule has 0 spiro atoms. The van der Waals surface area contributed by atoms with Gasteiger partial charge in [-0.25, -0.2) is 0 Å². The number of ether oxygens (including phenoxy) is 2. The van der Waals surface area contributed by atoms with E-state index in [9.17, 15) is 18.4 Å². The van der Waals surface area contributed by atoms with Crippen LogP contribution in [-0.4, -0.2) is 46.7 Å². The zero-order valence-corrected chi connectivity index (χ0v) is 15.3. The Morgan fingerprint density at radius 1 is 1.14 bits per heavy atom. The topological polar surface area (TPSA) is 107 Å². The van der Waals surface area contributed by atoms with E-state index in [0.717, 1.165) is 0 Å². The fraction of sp³-hybridized carbons (Fsp3) is 0.222. The molecule has 0 aliphatic heterocycles. The molecule has 29 heavy (non-hydrogen) atoms. The second-order valence-electron chi connectivity index (χ2n) is 5.75. The Labute approximate surface area is 163 Å². The zero-order chi connectivity index (χ0) is 20.8. The SMILES string of the molecule is COc1cc(C(=O)NCC(=O)NCc2nnc3ccccn23)ccc1OC(F)F. The summed E-state index contributed by atoms with van der Waals surface area (Å²) in [7, 11) is 1.26. The lowest BCUT2D eigenvalue weighted by Crippen LogP contribution is -2.36. The minimum absolute atomic E-state index is 0.0268. The van der Waals surface area contributed by atoms with Crippen molar-refractivity contribution in [2.75, 3.05) is 13.7 Å². The van der Waals surface area contributed by atoms with Gasteiger partial charge in [0.05, 0.1) is 20.2 Å². The predicted molar refractivity (Wildman–Crippen MR) is 96.8 cm³/mol. The van der Waals surface area contributed by atoms with Crippen molar-refractivity contribution in [3.05, 3.63) is 54.0 Å². The normalized spacial score (nSPS) is 10.8. The van der Waals surface area contributed by atoms with E-state index in [0.29, 0.717) is 11.5 Å². The number of fused-ring (bicyclic) bond motifs is 1. The first-order chi connectivity index (χ1) is 14.0. The van der Waals surface area contributed by atoms with Crippen LogP contribution >= 0.6 is 0 Å². The molecular weight excluding hydrogens is 388 g/mol. The van der Waals surface area contributed by atoms with Crippen molar-refractivity contribution >= 4 is 17.5 Å². The second-order valence-corrected chi connectivity index (χ2v) is 5.75. The lowest BCUT2D eigenvalue weighted by atomic mass is 10.2. The monoisotopic (exact) mass is 405 g/mol. The summed E-state index contributed by atoms with van der Waals surface area (Å²) in [6.07, 6.45) is 1.77. The lowest BCUT2D eigenvalue weighted by molar-refractivity contribution is -0.120. The largest absolute Gasteiger partial charge is 0.493 e. The van der Waals surface area contributed by atoms with Crippen molar-refractivity contribution in [3.8, 4) is 11.5 Å². The molecule has 0 unspecified atom stereocenters. The van der Waals surface area contributed by atoms with Gasteiger partial charge >= 0.3 is 6.61 Å². The van der Waals surface area contributed by atoms with Crippen LogP contribution in [0.5, 0.6) is 11.5 Å². The van der Waals surface area contributed by atoms with Gasteiger partial charge < -0.3 is 20.1 Å². The highest BCUT2D eigenvalue weighted by Gasteiger charge is 2.15. The maximum atomic E-state index is 12.4. The number of carbonyl (C=O) groups is 2. The van der Waals surface area contributed by atoms with E-state index in [4.69, 9.17) is 4.74 Å². The molecule has 0 atom stereocenters. The molecule has 1 aromatic carbocycles. The summed E-state index contributed by atoms with van der Waals surface area (Å²) < 4.78 is 35.7. The van der Waals surface area contributed by atoms with E-state index in [1.807, 2.05) is 12.1 Å². The molecule has 11 heteroatoms. The van der Waals surface area contributed by atoms with Crippen molar-refractivity contribution in [1.82, 2.24) is 25.2 Å². The van der Waals surface area contributed by atoms with Gasteiger partial charge in [-0.1, -0.05) is 6.07 Å². The summed E-state index contributed by atoms with van der Waals surface area (Å²) in [6.45, 7) is -3.17. The van der Waals surface area contributed by atoms with Crippen molar-refractivity contribution in [2.24, 2.45) is 0 Å². The van der Waals surface area contributed by atoms with Gasteiger partial charge in [-0.15, -0.1) is 10.2 Å². The summed E-state index contributed by atoms with van der Waals surface area (Å²) in [5.41, 5.74) is 0.776. The zero-order valence-electron chi connectivity index (χ0n) is 15.3. The minimum Gasteiger partial charge on any atom is -0.493 e. The Morgan fingerprint density at radius 2 is 1.97 bits per heavy atom. The van der Waals surface area contributed by atoms with Crippen LogP contribution in [0.1, 0.15) is 16.2 Å². The third-order valence-corrected chi connectivity index (χ3v) is 3.88. The van der Waals surface area contributed by atoms with E-state index in [1.165, 1.54) is 25.3 Å².